The van der Waals surface area contributed by atoms with Gasteiger partial charge < -0.3 is 9.64 Å². The van der Waals surface area contributed by atoms with Gasteiger partial charge in [-0.05, 0) is 30.9 Å². The van der Waals surface area contributed by atoms with Gasteiger partial charge in [-0.3, -0.25) is 4.79 Å². The number of nitrogens with zero attached hydrogens (tertiary/aromatic N) is 2. The molecular weight excluding hydrogens is 328 g/mol. The van der Waals surface area contributed by atoms with Crippen molar-refractivity contribution in [3.63, 3.8) is 0 Å². The van der Waals surface area contributed by atoms with E-state index in [9.17, 15) is 13.2 Å². The summed E-state index contributed by atoms with van der Waals surface area (Å²) in [4.78, 5) is 14.4. The van der Waals surface area contributed by atoms with Gasteiger partial charge in [0.1, 0.15) is 0 Å². The Morgan fingerprint density at radius 1 is 1.12 bits per heavy atom. The molecule has 1 amide bonds. The fourth-order valence-corrected chi connectivity index (χ4v) is 5.16. The molecule has 0 spiro atoms. The van der Waals surface area contributed by atoms with E-state index in [1.165, 1.54) is 4.31 Å². The summed E-state index contributed by atoms with van der Waals surface area (Å²) >= 11 is 0. The molecule has 3 rings (SSSR count). The molecule has 2 aliphatic rings. The molecule has 0 N–H and O–H groups in total. The van der Waals surface area contributed by atoms with Gasteiger partial charge in [-0.1, -0.05) is 18.2 Å². The summed E-state index contributed by atoms with van der Waals surface area (Å²) in [6.45, 7) is 2.99. The molecule has 132 valence electrons. The Labute approximate surface area is 143 Å². The second-order valence-electron chi connectivity index (χ2n) is 6.42. The van der Waals surface area contributed by atoms with Crippen LogP contribution in [0.25, 0.3) is 0 Å². The second-order valence-corrected chi connectivity index (χ2v) is 8.43. The third-order valence-electron chi connectivity index (χ3n) is 4.64. The molecule has 2 saturated heterocycles. The van der Waals surface area contributed by atoms with Gasteiger partial charge >= 0.3 is 0 Å². The van der Waals surface area contributed by atoms with E-state index in [4.69, 9.17) is 4.74 Å². The first-order valence-electron chi connectivity index (χ1n) is 8.46. The van der Waals surface area contributed by atoms with E-state index in [0.717, 1.165) is 12.8 Å². The summed E-state index contributed by atoms with van der Waals surface area (Å²) in [6, 6.07) is 9.17. The smallest absolute Gasteiger partial charge is 0.253 e. The molecule has 1 atom stereocenters. The number of benzene rings is 1. The minimum atomic E-state index is -3.28. The minimum absolute atomic E-state index is 0.000688. The van der Waals surface area contributed by atoms with Crippen LogP contribution in [-0.4, -0.2) is 68.7 Å². The number of morpholine rings is 1. The highest BCUT2D eigenvalue weighted by molar-refractivity contribution is 7.89. The van der Waals surface area contributed by atoms with Gasteiger partial charge in [0.25, 0.3) is 5.91 Å². The van der Waals surface area contributed by atoms with Crippen molar-refractivity contribution in [1.82, 2.24) is 9.21 Å². The summed E-state index contributed by atoms with van der Waals surface area (Å²) in [5, 5.41) is 0. The van der Waals surface area contributed by atoms with Crippen LogP contribution < -0.4 is 0 Å². The van der Waals surface area contributed by atoms with Gasteiger partial charge in [-0.2, -0.15) is 4.31 Å². The number of hydrogen-bond donors (Lipinski definition) is 0. The minimum Gasteiger partial charge on any atom is -0.379 e. The average molecular weight is 352 g/mol. The molecule has 7 heteroatoms. The highest BCUT2D eigenvalue weighted by Gasteiger charge is 2.31. The van der Waals surface area contributed by atoms with Crippen molar-refractivity contribution in [2.75, 3.05) is 45.1 Å². The molecule has 2 heterocycles. The normalized spacial score (nSPS) is 23.2. The van der Waals surface area contributed by atoms with E-state index in [2.05, 4.69) is 0 Å². The fraction of sp³-hybridized carbons (Fsp3) is 0.588. The zero-order valence-corrected chi connectivity index (χ0v) is 14.6. The van der Waals surface area contributed by atoms with Crippen molar-refractivity contribution in [2.24, 2.45) is 5.92 Å². The largest absolute Gasteiger partial charge is 0.379 e. The van der Waals surface area contributed by atoms with Crippen LogP contribution in [0.3, 0.4) is 0 Å². The van der Waals surface area contributed by atoms with E-state index >= 15 is 0 Å². The first-order valence-corrected chi connectivity index (χ1v) is 10.1. The number of amides is 1. The number of piperidine rings is 1. The van der Waals surface area contributed by atoms with E-state index in [0.29, 0.717) is 45.0 Å². The summed E-state index contributed by atoms with van der Waals surface area (Å²) in [7, 11) is -3.28. The molecule has 0 aliphatic carbocycles. The van der Waals surface area contributed by atoms with Crippen molar-refractivity contribution in [1.29, 1.82) is 0 Å². The van der Waals surface area contributed by atoms with Crippen LogP contribution in [0.5, 0.6) is 0 Å². The predicted octanol–water partition coefficient (Wildman–Crippen LogP) is 1.20. The zero-order valence-electron chi connectivity index (χ0n) is 13.8. The average Bonchev–Trinajstić information content (AvgIpc) is 2.62. The van der Waals surface area contributed by atoms with Gasteiger partial charge in [0, 0.05) is 31.7 Å². The number of rotatable bonds is 4. The Balaban J connectivity index is 1.62. The highest BCUT2D eigenvalue weighted by Crippen LogP contribution is 2.21. The van der Waals surface area contributed by atoms with Crippen molar-refractivity contribution >= 4 is 15.9 Å². The van der Waals surface area contributed by atoms with Gasteiger partial charge in [0.15, 0.2) is 0 Å². The molecule has 24 heavy (non-hydrogen) atoms. The Bertz CT molecular complexity index is 656. The molecule has 6 nitrogen and oxygen atoms in total. The molecule has 0 saturated carbocycles. The molecule has 0 radical (unpaired) electrons. The maximum Gasteiger partial charge on any atom is 0.253 e. The SMILES string of the molecule is O=C(c1ccccc1)N1CCC[C@@H](CS(=O)(=O)N2CCOCC2)C1. The van der Waals surface area contributed by atoms with E-state index in [1.807, 2.05) is 18.2 Å². The Morgan fingerprint density at radius 2 is 1.83 bits per heavy atom. The van der Waals surface area contributed by atoms with Crippen molar-refractivity contribution in [3.05, 3.63) is 35.9 Å². The van der Waals surface area contributed by atoms with Crippen molar-refractivity contribution in [3.8, 4) is 0 Å². The predicted molar refractivity (Wildman–Crippen MR) is 91.2 cm³/mol. The molecular formula is C17H24N2O4S. The molecule has 1 aromatic rings. The lowest BCUT2D eigenvalue weighted by Crippen LogP contribution is -2.46. The first-order chi connectivity index (χ1) is 11.6. The second kappa shape index (κ2) is 7.63. The number of carbonyl (C=O) groups excluding carboxylic acids is 1. The lowest BCUT2D eigenvalue weighted by molar-refractivity contribution is 0.0674. The molecule has 2 fully saturated rings. The van der Waals surface area contributed by atoms with E-state index in [1.54, 1.807) is 17.0 Å². The third-order valence-corrected chi connectivity index (χ3v) is 6.68. The van der Waals surface area contributed by atoms with Crippen molar-refractivity contribution < 1.29 is 17.9 Å². The highest BCUT2D eigenvalue weighted by atomic mass is 32.2. The lowest BCUT2D eigenvalue weighted by atomic mass is 9.99. The van der Waals surface area contributed by atoms with Crippen LogP contribution in [0.4, 0.5) is 0 Å². The zero-order chi connectivity index (χ0) is 17.0. The number of carbonyl (C=O) groups is 1. The third kappa shape index (κ3) is 4.15. The Kier molecular flexibility index (Phi) is 5.53. The molecule has 1 aromatic carbocycles. The number of sulfonamides is 1. The fourth-order valence-electron chi connectivity index (χ4n) is 3.38. The topological polar surface area (TPSA) is 66.9 Å². The molecule has 0 bridgehead atoms. The molecule has 0 unspecified atom stereocenters. The summed E-state index contributed by atoms with van der Waals surface area (Å²) in [5.74, 6) is 0.106. The van der Waals surface area contributed by atoms with Crippen LogP contribution >= 0.6 is 0 Å². The monoisotopic (exact) mass is 352 g/mol. The van der Waals surface area contributed by atoms with Crippen LogP contribution in [-0.2, 0) is 14.8 Å². The van der Waals surface area contributed by atoms with E-state index < -0.39 is 10.0 Å². The maximum atomic E-state index is 12.6. The Hall–Kier alpha value is -1.44. The van der Waals surface area contributed by atoms with Gasteiger partial charge in [0.05, 0.1) is 19.0 Å². The van der Waals surface area contributed by atoms with E-state index in [-0.39, 0.29) is 17.6 Å². The summed E-state index contributed by atoms with van der Waals surface area (Å²) in [5.41, 5.74) is 0.661. The standard InChI is InChI=1S/C17H24N2O4S/c20-17(16-6-2-1-3-7-16)18-8-4-5-15(13-18)14-24(21,22)19-9-11-23-12-10-19/h1-3,6-7,15H,4-5,8-14H2/t15-/m1/s1. The number of likely N-dealkylation sites (tertiary alicyclic amines) is 1. The van der Waals surface area contributed by atoms with Gasteiger partial charge in [0.2, 0.25) is 10.0 Å². The van der Waals surface area contributed by atoms with Crippen LogP contribution in [0.1, 0.15) is 23.2 Å². The van der Waals surface area contributed by atoms with Crippen LogP contribution in [0, 0.1) is 5.92 Å². The Morgan fingerprint density at radius 3 is 2.54 bits per heavy atom. The van der Waals surface area contributed by atoms with Crippen LogP contribution in [0.2, 0.25) is 0 Å². The van der Waals surface area contributed by atoms with Crippen molar-refractivity contribution in [2.45, 2.75) is 12.8 Å². The lowest BCUT2D eigenvalue weighted by Gasteiger charge is -2.34. The number of ether oxygens (including phenoxy) is 1. The summed E-state index contributed by atoms with van der Waals surface area (Å²) in [6.07, 6.45) is 1.70. The number of hydrogen-bond acceptors (Lipinski definition) is 4. The van der Waals surface area contributed by atoms with Gasteiger partial charge in [-0.25, -0.2) is 8.42 Å². The van der Waals surface area contributed by atoms with Gasteiger partial charge in [-0.15, -0.1) is 0 Å². The molecule has 2 aliphatic heterocycles. The maximum absolute atomic E-state index is 12.6. The molecule has 0 aromatic heterocycles. The quantitative estimate of drug-likeness (QED) is 0.817. The van der Waals surface area contributed by atoms with Crippen LogP contribution in [0.15, 0.2) is 30.3 Å². The first kappa shape index (κ1) is 17.4. The summed E-state index contributed by atoms with van der Waals surface area (Å²) < 4.78 is 31.9.